The molecule has 0 atom stereocenters. The molecule has 1 N–H and O–H groups in total. The summed E-state index contributed by atoms with van der Waals surface area (Å²) >= 11 is 3.33. The highest BCUT2D eigenvalue weighted by Crippen LogP contribution is 2.40. The van der Waals surface area contributed by atoms with Crippen molar-refractivity contribution in [3.63, 3.8) is 0 Å². The van der Waals surface area contributed by atoms with E-state index in [9.17, 15) is 4.79 Å². The molecule has 3 rings (SSSR count). The summed E-state index contributed by atoms with van der Waals surface area (Å²) in [6.07, 6.45) is 3.66. The molecule has 0 spiro atoms. The number of allylic oxidation sites excluding steroid dienone is 2. The molecule has 0 bridgehead atoms. The molecule has 0 fully saturated rings. The van der Waals surface area contributed by atoms with Crippen LogP contribution in [0.2, 0.25) is 0 Å². The van der Waals surface area contributed by atoms with Crippen molar-refractivity contribution in [2.45, 2.75) is 0 Å². The van der Waals surface area contributed by atoms with Crippen molar-refractivity contribution in [2.75, 3.05) is 19.3 Å². The van der Waals surface area contributed by atoms with E-state index in [1.807, 2.05) is 36.8 Å². The molecule has 23 heavy (non-hydrogen) atoms. The lowest BCUT2D eigenvalue weighted by molar-refractivity contribution is -0.116. The molecule has 1 aromatic rings. The minimum atomic E-state index is 0. The van der Waals surface area contributed by atoms with Gasteiger partial charge in [0, 0.05) is 32.0 Å². The summed E-state index contributed by atoms with van der Waals surface area (Å²) in [6, 6.07) is 4.09. The molecule has 0 aliphatic carbocycles. The largest absolute Gasteiger partial charge is 0.368 e. The molecule has 0 saturated heterocycles. The molecule has 3 heterocycles. The Balaban J connectivity index is 0.000000925. The average Bonchev–Trinajstić information content (AvgIpc) is 3.25. The third-order valence-corrected chi connectivity index (χ3v) is 5.15. The van der Waals surface area contributed by atoms with Gasteiger partial charge in [0.05, 0.1) is 16.1 Å². The third-order valence-electron chi connectivity index (χ3n) is 3.46. The van der Waals surface area contributed by atoms with Gasteiger partial charge in [-0.25, -0.2) is 0 Å². The molecule has 4 nitrogen and oxygen atoms in total. The Labute approximate surface area is 145 Å². The summed E-state index contributed by atoms with van der Waals surface area (Å²) < 4.78 is 0. The minimum absolute atomic E-state index is 0. The number of thioether (sulfide) groups is 1. The van der Waals surface area contributed by atoms with Crippen molar-refractivity contribution in [3.05, 3.63) is 63.4 Å². The first-order valence-electron chi connectivity index (χ1n) is 6.93. The number of rotatable bonds is 5. The zero-order valence-electron chi connectivity index (χ0n) is 12.9. The van der Waals surface area contributed by atoms with Crippen LogP contribution < -0.4 is 5.32 Å². The van der Waals surface area contributed by atoms with Gasteiger partial charge in [-0.1, -0.05) is 24.8 Å². The number of carbonyl (C=O) groups is 2. The second-order valence-corrected chi connectivity index (χ2v) is 6.69. The van der Waals surface area contributed by atoms with Gasteiger partial charge in [0.1, 0.15) is 6.79 Å². The fourth-order valence-electron chi connectivity index (χ4n) is 2.59. The van der Waals surface area contributed by atoms with Gasteiger partial charge in [0.25, 0.3) is 5.91 Å². The standard InChI is InChI=1S/C16H16N2OS2.CH2O.H2/c1-3-4-7-20-10-12-11-9-18(2)15(13-6-5-8-21-13)14(11)16(19)17-12;1-2;/h3-8H,1,9-10H2,2H3,(H,17,19);1H2;1H/b7-4-;;. The fraction of sp³-hybridized carbons (Fsp3) is 0.176. The Kier molecular flexibility index (Phi) is 6.01. The van der Waals surface area contributed by atoms with E-state index in [1.54, 1.807) is 29.2 Å². The van der Waals surface area contributed by atoms with Crippen LogP contribution in [0.25, 0.3) is 5.70 Å². The molecule has 0 unspecified atom stereocenters. The van der Waals surface area contributed by atoms with Crippen LogP contribution in [0.15, 0.2) is 58.5 Å². The van der Waals surface area contributed by atoms with Gasteiger partial charge in [-0.05, 0) is 16.9 Å². The van der Waals surface area contributed by atoms with Gasteiger partial charge in [-0.3, -0.25) is 4.79 Å². The number of fused-ring (bicyclic) bond motifs is 1. The van der Waals surface area contributed by atoms with E-state index >= 15 is 0 Å². The van der Waals surface area contributed by atoms with Crippen molar-refractivity contribution in [2.24, 2.45) is 0 Å². The van der Waals surface area contributed by atoms with Crippen LogP contribution >= 0.6 is 23.1 Å². The van der Waals surface area contributed by atoms with Crippen molar-refractivity contribution in [1.82, 2.24) is 10.2 Å². The monoisotopic (exact) mass is 348 g/mol. The molecule has 0 aromatic carbocycles. The summed E-state index contributed by atoms with van der Waals surface area (Å²) in [7, 11) is 2.04. The summed E-state index contributed by atoms with van der Waals surface area (Å²) in [4.78, 5) is 23.6. The SMILES string of the molecule is C=C/C=C\SCC1=C2CN(C)C(c3cccs3)=C2C(=O)N1.C=O.[HH]. The highest BCUT2D eigenvalue weighted by atomic mass is 32.2. The topological polar surface area (TPSA) is 49.4 Å². The number of hydrogen-bond acceptors (Lipinski definition) is 5. The van der Waals surface area contributed by atoms with Crippen LogP contribution in [0.3, 0.4) is 0 Å². The Hall–Kier alpha value is -2.05. The van der Waals surface area contributed by atoms with Gasteiger partial charge in [0.15, 0.2) is 0 Å². The lowest BCUT2D eigenvalue weighted by Gasteiger charge is -2.16. The number of nitrogens with one attached hydrogen (secondary N) is 1. The number of carbonyl (C=O) groups excluding carboxylic acids is 2. The third kappa shape index (κ3) is 3.48. The Bertz CT molecular complexity index is 693. The number of hydrogen-bond donors (Lipinski definition) is 1. The maximum absolute atomic E-state index is 12.3. The van der Waals surface area contributed by atoms with Crippen molar-refractivity contribution < 1.29 is 11.0 Å². The average molecular weight is 348 g/mol. The molecule has 0 saturated carbocycles. The number of likely N-dealkylation sites (N-methyl/N-ethyl adjacent to an activating group) is 1. The summed E-state index contributed by atoms with van der Waals surface area (Å²) in [6.45, 7) is 6.44. The molecule has 2 aliphatic rings. The highest BCUT2D eigenvalue weighted by molar-refractivity contribution is 8.02. The van der Waals surface area contributed by atoms with E-state index < -0.39 is 0 Å². The van der Waals surface area contributed by atoms with Gasteiger partial charge in [-0.2, -0.15) is 0 Å². The van der Waals surface area contributed by atoms with Crippen LogP contribution in [0.4, 0.5) is 0 Å². The van der Waals surface area contributed by atoms with E-state index in [1.165, 1.54) is 0 Å². The molecule has 2 aliphatic heterocycles. The maximum Gasteiger partial charge on any atom is 0.258 e. The van der Waals surface area contributed by atoms with Crippen LogP contribution in [-0.4, -0.2) is 36.9 Å². The van der Waals surface area contributed by atoms with Crippen LogP contribution in [0.1, 0.15) is 6.30 Å². The molecule has 0 radical (unpaired) electrons. The van der Waals surface area contributed by atoms with Gasteiger partial charge >= 0.3 is 0 Å². The molecule has 6 heteroatoms. The maximum atomic E-state index is 12.3. The van der Waals surface area contributed by atoms with Gasteiger partial charge in [0.2, 0.25) is 0 Å². The second-order valence-electron chi connectivity index (χ2n) is 4.84. The quantitative estimate of drug-likeness (QED) is 0.830. The molecular formula is C17H20N2O2S2. The van der Waals surface area contributed by atoms with Crippen molar-refractivity contribution in [1.29, 1.82) is 0 Å². The Morgan fingerprint density at radius 1 is 1.52 bits per heavy atom. The van der Waals surface area contributed by atoms with Crippen LogP contribution in [0.5, 0.6) is 0 Å². The van der Waals surface area contributed by atoms with E-state index in [2.05, 4.69) is 22.9 Å². The first-order chi connectivity index (χ1) is 11.2. The van der Waals surface area contributed by atoms with Crippen molar-refractivity contribution >= 4 is 41.5 Å². The zero-order valence-corrected chi connectivity index (χ0v) is 14.5. The molecular weight excluding hydrogens is 328 g/mol. The lowest BCUT2D eigenvalue weighted by atomic mass is 10.1. The van der Waals surface area contributed by atoms with E-state index in [4.69, 9.17) is 4.79 Å². The highest BCUT2D eigenvalue weighted by Gasteiger charge is 2.37. The molecule has 1 amide bonds. The van der Waals surface area contributed by atoms with E-state index in [0.717, 1.165) is 39.7 Å². The first kappa shape index (κ1) is 17.3. The fourth-order valence-corrected chi connectivity index (χ4v) is 4.15. The smallest absolute Gasteiger partial charge is 0.258 e. The predicted octanol–water partition coefficient (Wildman–Crippen LogP) is 3.28. The Morgan fingerprint density at radius 3 is 2.96 bits per heavy atom. The summed E-state index contributed by atoms with van der Waals surface area (Å²) in [5, 5.41) is 7.06. The van der Waals surface area contributed by atoms with Gasteiger partial charge < -0.3 is 15.0 Å². The van der Waals surface area contributed by atoms with Gasteiger partial charge in [-0.15, -0.1) is 23.1 Å². The minimum Gasteiger partial charge on any atom is -0.368 e. The van der Waals surface area contributed by atoms with E-state index in [-0.39, 0.29) is 7.33 Å². The zero-order chi connectivity index (χ0) is 16.8. The second kappa shape index (κ2) is 7.99. The number of nitrogens with zero attached hydrogens (tertiary/aromatic N) is 1. The van der Waals surface area contributed by atoms with Crippen LogP contribution in [-0.2, 0) is 9.59 Å². The summed E-state index contributed by atoms with van der Waals surface area (Å²) in [5.74, 6) is 0.807. The molecule has 1 aromatic heterocycles. The van der Waals surface area contributed by atoms with E-state index in [0.29, 0.717) is 0 Å². The first-order valence-corrected chi connectivity index (χ1v) is 8.86. The number of amides is 1. The predicted molar refractivity (Wildman–Crippen MR) is 100 cm³/mol. The number of thiophene rings is 1. The lowest BCUT2D eigenvalue weighted by Crippen LogP contribution is -2.21. The molecule has 122 valence electrons. The Morgan fingerprint density at radius 2 is 2.30 bits per heavy atom. The normalized spacial score (nSPS) is 16.6. The van der Waals surface area contributed by atoms with Crippen LogP contribution in [0, 0.1) is 0 Å². The van der Waals surface area contributed by atoms with Crippen molar-refractivity contribution in [3.8, 4) is 0 Å². The summed E-state index contributed by atoms with van der Waals surface area (Å²) in [5.41, 5.74) is 4.08.